The third-order valence-electron chi connectivity index (χ3n) is 2.06. The van der Waals surface area contributed by atoms with Gasteiger partial charge >= 0.3 is 0 Å². The lowest BCUT2D eigenvalue weighted by molar-refractivity contribution is 0.0822. The summed E-state index contributed by atoms with van der Waals surface area (Å²) < 4.78 is 0. The molecule has 0 radical (unpaired) electrons. The van der Waals surface area contributed by atoms with E-state index < -0.39 is 0 Å². The van der Waals surface area contributed by atoms with Crippen LogP contribution in [0, 0.1) is 0 Å². The smallest absolute Gasteiger partial charge is 0.271 e. The molecule has 0 aliphatic rings. The number of aromatic nitrogens is 2. The Bertz CT molecular complexity index is 473. The maximum absolute atomic E-state index is 11.6. The molecule has 2 rings (SSSR count). The molecule has 0 aromatic carbocycles. The first-order valence-electron chi connectivity index (χ1n) is 4.33. The van der Waals surface area contributed by atoms with Gasteiger partial charge < -0.3 is 9.88 Å². The number of rotatable bonds is 1. The first-order valence-corrected chi connectivity index (χ1v) is 4.33. The second kappa shape index (κ2) is 3.14. The molecule has 1 amide bonds. The molecule has 0 saturated heterocycles. The molecule has 4 nitrogen and oxygen atoms in total. The van der Waals surface area contributed by atoms with Gasteiger partial charge in [-0.25, -0.2) is 4.98 Å². The Morgan fingerprint density at radius 1 is 1.50 bits per heavy atom. The number of nitrogens with zero attached hydrogens (tertiary/aromatic N) is 2. The normalized spacial score (nSPS) is 10.4. The lowest BCUT2D eigenvalue weighted by Gasteiger charge is -2.08. The Balaban J connectivity index is 2.48. The number of H-pyrrole nitrogens is 1. The maximum atomic E-state index is 11.6. The first kappa shape index (κ1) is 8.74. The van der Waals surface area contributed by atoms with Gasteiger partial charge in [-0.2, -0.15) is 0 Å². The van der Waals surface area contributed by atoms with Gasteiger partial charge in [0.1, 0.15) is 5.69 Å². The highest BCUT2D eigenvalue weighted by molar-refractivity contribution is 5.95. The molecule has 2 heterocycles. The number of nitrogens with one attached hydrogen (secondary N) is 1. The fourth-order valence-corrected chi connectivity index (χ4v) is 1.30. The van der Waals surface area contributed by atoms with E-state index in [9.17, 15) is 4.79 Å². The van der Waals surface area contributed by atoms with Crippen LogP contribution < -0.4 is 0 Å². The molecule has 0 unspecified atom stereocenters. The van der Waals surface area contributed by atoms with Gasteiger partial charge in [0.15, 0.2) is 0 Å². The van der Waals surface area contributed by atoms with E-state index in [4.69, 9.17) is 0 Å². The van der Waals surface area contributed by atoms with Crippen LogP contribution in [0.25, 0.3) is 10.9 Å². The third kappa shape index (κ3) is 1.35. The molecular weight excluding hydrogens is 178 g/mol. The number of hydrogen-bond donors (Lipinski definition) is 1. The van der Waals surface area contributed by atoms with E-state index in [2.05, 4.69) is 9.97 Å². The minimum absolute atomic E-state index is 0.0758. The van der Waals surface area contributed by atoms with E-state index >= 15 is 0 Å². The van der Waals surface area contributed by atoms with E-state index in [1.165, 1.54) is 4.90 Å². The molecule has 0 fully saturated rings. The molecule has 1 N–H and O–H groups in total. The Hall–Kier alpha value is -1.84. The summed E-state index contributed by atoms with van der Waals surface area (Å²) >= 11 is 0. The molecule has 2 aromatic rings. The third-order valence-corrected chi connectivity index (χ3v) is 2.06. The van der Waals surface area contributed by atoms with Gasteiger partial charge in [-0.15, -0.1) is 0 Å². The first-order chi connectivity index (χ1) is 6.68. The van der Waals surface area contributed by atoms with Crippen LogP contribution in [0.5, 0.6) is 0 Å². The van der Waals surface area contributed by atoms with Crippen LogP contribution in [0.15, 0.2) is 24.5 Å². The van der Waals surface area contributed by atoms with Gasteiger partial charge in [0.05, 0.1) is 11.7 Å². The number of carbonyl (C=O) groups is 1. The van der Waals surface area contributed by atoms with Crippen LogP contribution in [-0.4, -0.2) is 34.9 Å². The van der Waals surface area contributed by atoms with Crippen LogP contribution in [0.3, 0.4) is 0 Å². The lowest BCUT2D eigenvalue weighted by atomic mass is 10.2. The van der Waals surface area contributed by atoms with Crippen molar-refractivity contribution in [3.8, 4) is 0 Å². The van der Waals surface area contributed by atoms with E-state index in [1.54, 1.807) is 26.4 Å². The van der Waals surface area contributed by atoms with E-state index in [1.807, 2.05) is 12.3 Å². The summed E-state index contributed by atoms with van der Waals surface area (Å²) in [4.78, 5) is 20.2. The van der Waals surface area contributed by atoms with Crippen molar-refractivity contribution in [1.29, 1.82) is 0 Å². The lowest BCUT2D eigenvalue weighted by Crippen LogP contribution is -2.22. The number of fused-ring (bicyclic) bond motifs is 1. The summed E-state index contributed by atoms with van der Waals surface area (Å²) in [6.07, 6.45) is 3.50. The standard InChI is InChI=1S/C10H11N3O/c1-13(2)10(14)8-5-7-3-4-11-9(7)6-12-8/h3-6,11H,1-2H3. The molecule has 72 valence electrons. The second-order valence-electron chi connectivity index (χ2n) is 3.33. The van der Waals surface area contributed by atoms with Crippen molar-refractivity contribution in [3.05, 3.63) is 30.2 Å². The average Bonchev–Trinajstić information content (AvgIpc) is 2.62. The summed E-state index contributed by atoms with van der Waals surface area (Å²) in [6.45, 7) is 0. The molecule has 0 saturated carbocycles. The molecule has 0 aliphatic carbocycles. The second-order valence-corrected chi connectivity index (χ2v) is 3.33. The van der Waals surface area contributed by atoms with E-state index in [0.29, 0.717) is 5.69 Å². The monoisotopic (exact) mass is 189 g/mol. The zero-order valence-electron chi connectivity index (χ0n) is 8.11. The predicted octanol–water partition coefficient (Wildman–Crippen LogP) is 1.26. The Labute approximate surface area is 81.6 Å². The van der Waals surface area contributed by atoms with E-state index in [-0.39, 0.29) is 5.91 Å². The van der Waals surface area contributed by atoms with Crippen LogP contribution in [0.2, 0.25) is 0 Å². The van der Waals surface area contributed by atoms with Gasteiger partial charge in [0.25, 0.3) is 5.91 Å². The fourth-order valence-electron chi connectivity index (χ4n) is 1.30. The summed E-state index contributed by atoms with van der Waals surface area (Å²) in [6, 6.07) is 3.71. The number of carbonyl (C=O) groups excluding carboxylic acids is 1. The van der Waals surface area contributed by atoms with Crippen LogP contribution in [-0.2, 0) is 0 Å². The molecule has 14 heavy (non-hydrogen) atoms. The number of amides is 1. The molecule has 0 aliphatic heterocycles. The number of hydrogen-bond acceptors (Lipinski definition) is 2. The average molecular weight is 189 g/mol. The Morgan fingerprint density at radius 2 is 2.29 bits per heavy atom. The van der Waals surface area contributed by atoms with Gasteiger partial charge in [0.2, 0.25) is 0 Å². The van der Waals surface area contributed by atoms with Gasteiger partial charge in [0, 0.05) is 25.7 Å². The SMILES string of the molecule is CN(C)C(=O)c1cc2cc[nH]c2cn1. The summed E-state index contributed by atoms with van der Waals surface area (Å²) in [5, 5.41) is 1.00. The Kier molecular flexibility index (Phi) is 1.96. The fraction of sp³-hybridized carbons (Fsp3) is 0.200. The van der Waals surface area contributed by atoms with Crippen molar-refractivity contribution in [1.82, 2.24) is 14.9 Å². The van der Waals surface area contributed by atoms with Gasteiger partial charge in [-0.05, 0) is 12.1 Å². The molecule has 0 atom stereocenters. The highest BCUT2D eigenvalue weighted by Gasteiger charge is 2.09. The summed E-state index contributed by atoms with van der Waals surface area (Å²) in [5.74, 6) is -0.0758. The number of pyridine rings is 1. The van der Waals surface area contributed by atoms with E-state index in [0.717, 1.165) is 10.9 Å². The highest BCUT2D eigenvalue weighted by Crippen LogP contribution is 2.12. The molecule has 4 heteroatoms. The van der Waals surface area contributed by atoms with Gasteiger partial charge in [-0.1, -0.05) is 0 Å². The summed E-state index contributed by atoms with van der Waals surface area (Å²) in [5.41, 5.74) is 1.42. The quantitative estimate of drug-likeness (QED) is 0.734. The number of aromatic amines is 1. The zero-order valence-corrected chi connectivity index (χ0v) is 8.11. The van der Waals surface area contributed by atoms with Gasteiger partial charge in [-0.3, -0.25) is 4.79 Å². The zero-order chi connectivity index (χ0) is 10.1. The predicted molar refractivity (Wildman–Crippen MR) is 54.1 cm³/mol. The van der Waals surface area contributed by atoms with Crippen molar-refractivity contribution < 1.29 is 4.79 Å². The van der Waals surface area contributed by atoms with Crippen LogP contribution >= 0.6 is 0 Å². The van der Waals surface area contributed by atoms with Crippen molar-refractivity contribution in [2.45, 2.75) is 0 Å². The van der Waals surface area contributed by atoms with Crippen LogP contribution in [0.4, 0.5) is 0 Å². The Morgan fingerprint density at radius 3 is 3.00 bits per heavy atom. The molecular formula is C10H11N3O. The largest absolute Gasteiger partial charge is 0.360 e. The molecule has 2 aromatic heterocycles. The van der Waals surface area contributed by atoms with Crippen molar-refractivity contribution in [3.63, 3.8) is 0 Å². The molecule has 0 spiro atoms. The summed E-state index contributed by atoms with van der Waals surface area (Å²) in [7, 11) is 3.43. The highest BCUT2D eigenvalue weighted by atomic mass is 16.2. The topological polar surface area (TPSA) is 49.0 Å². The minimum atomic E-state index is -0.0758. The van der Waals surface area contributed by atoms with Crippen molar-refractivity contribution in [2.75, 3.05) is 14.1 Å². The molecule has 0 bridgehead atoms. The minimum Gasteiger partial charge on any atom is -0.360 e. The van der Waals surface area contributed by atoms with Crippen molar-refractivity contribution in [2.24, 2.45) is 0 Å². The maximum Gasteiger partial charge on any atom is 0.271 e. The van der Waals surface area contributed by atoms with Crippen LogP contribution in [0.1, 0.15) is 10.5 Å². The van der Waals surface area contributed by atoms with Crippen molar-refractivity contribution >= 4 is 16.8 Å².